The highest BCUT2D eigenvalue weighted by Gasteiger charge is 2.19. The van der Waals surface area contributed by atoms with Crippen LogP contribution in [0.4, 0.5) is 11.6 Å². The van der Waals surface area contributed by atoms with Gasteiger partial charge in [-0.3, -0.25) is 0 Å². The number of ether oxygens (including phenoxy) is 1. The Bertz CT molecular complexity index is 316. The predicted octanol–water partition coefficient (Wildman–Crippen LogP) is 0.889. The van der Waals surface area contributed by atoms with Crippen molar-refractivity contribution < 1.29 is 4.74 Å². The number of aromatic nitrogens is 1. The van der Waals surface area contributed by atoms with Crippen molar-refractivity contribution in [3.05, 3.63) is 18.2 Å². The first-order chi connectivity index (χ1) is 6.77. The van der Waals surface area contributed by atoms with Crippen molar-refractivity contribution >= 4 is 11.6 Å². The zero-order valence-corrected chi connectivity index (χ0v) is 8.31. The molecule has 0 unspecified atom stereocenters. The van der Waals surface area contributed by atoms with Gasteiger partial charge in [0.2, 0.25) is 0 Å². The molecular weight excluding hydrogens is 178 g/mol. The van der Waals surface area contributed by atoms with E-state index < -0.39 is 0 Å². The highest BCUT2D eigenvalue weighted by molar-refractivity contribution is 5.45. The number of rotatable bonds is 1. The van der Waals surface area contributed by atoms with Gasteiger partial charge in [-0.2, -0.15) is 0 Å². The Morgan fingerprint density at radius 3 is 3.14 bits per heavy atom. The Hall–Kier alpha value is -1.29. The molecule has 0 bridgehead atoms. The van der Waals surface area contributed by atoms with E-state index in [1.807, 2.05) is 12.1 Å². The molecule has 0 saturated carbocycles. The van der Waals surface area contributed by atoms with Crippen LogP contribution < -0.4 is 10.6 Å². The zero-order valence-electron chi connectivity index (χ0n) is 8.31. The molecule has 1 aliphatic heterocycles. The van der Waals surface area contributed by atoms with E-state index in [-0.39, 0.29) is 0 Å². The maximum Gasteiger partial charge on any atom is 0.131 e. The minimum Gasteiger partial charge on any atom is -0.384 e. The van der Waals surface area contributed by atoms with E-state index >= 15 is 0 Å². The molecule has 1 fully saturated rings. The molecule has 1 aliphatic rings. The standard InChI is InChI=1S/C10H15N3O/c1-8-7-14-6-5-13(8)10-4-2-3-9(11)12-10/h2-4,8H,5-7H2,1H3,(H2,11,12)/t8-/m0/s1. The van der Waals surface area contributed by atoms with Crippen molar-refractivity contribution in [2.24, 2.45) is 0 Å². The van der Waals surface area contributed by atoms with Crippen LogP contribution in [0.5, 0.6) is 0 Å². The quantitative estimate of drug-likeness (QED) is 0.719. The molecule has 1 aromatic heterocycles. The van der Waals surface area contributed by atoms with Crippen LogP contribution in [0.25, 0.3) is 0 Å². The molecule has 1 saturated heterocycles. The summed E-state index contributed by atoms with van der Waals surface area (Å²) in [6.07, 6.45) is 0. The Morgan fingerprint density at radius 1 is 1.57 bits per heavy atom. The minimum atomic E-state index is 0.373. The van der Waals surface area contributed by atoms with Gasteiger partial charge in [-0.1, -0.05) is 6.07 Å². The van der Waals surface area contributed by atoms with Gasteiger partial charge in [0, 0.05) is 6.54 Å². The molecule has 1 aromatic rings. The summed E-state index contributed by atoms with van der Waals surface area (Å²) in [5.41, 5.74) is 5.64. The fourth-order valence-electron chi connectivity index (χ4n) is 1.67. The Kier molecular flexibility index (Phi) is 2.54. The van der Waals surface area contributed by atoms with Gasteiger partial charge >= 0.3 is 0 Å². The topological polar surface area (TPSA) is 51.4 Å². The van der Waals surface area contributed by atoms with Crippen molar-refractivity contribution in [2.75, 3.05) is 30.4 Å². The van der Waals surface area contributed by atoms with Gasteiger partial charge in [0.25, 0.3) is 0 Å². The number of morpholine rings is 1. The Morgan fingerprint density at radius 2 is 2.43 bits per heavy atom. The lowest BCUT2D eigenvalue weighted by atomic mass is 10.2. The van der Waals surface area contributed by atoms with Crippen molar-refractivity contribution in [1.29, 1.82) is 0 Å². The molecule has 2 N–H and O–H groups in total. The number of nitrogens with two attached hydrogens (primary N) is 1. The van der Waals surface area contributed by atoms with Gasteiger partial charge in [0.1, 0.15) is 11.6 Å². The van der Waals surface area contributed by atoms with E-state index in [1.54, 1.807) is 6.07 Å². The second kappa shape index (κ2) is 3.84. The summed E-state index contributed by atoms with van der Waals surface area (Å²) in [5.74, 6) is 1.52. The molecule has 4 heteroatoms. The van der Waals surface area contributed by atoms with Crippen molar-refractivity contribution in [3.63, 3.8) is 0 Å². The third-order valence-electron chi connectivity index (χ3n) is 2.42. The van der Waals surface area contributed by atoms with Crippen LogP contribution in [-0.2, 0) is 4.74 Å². The first-order valence-corrected chi connectivity index (χ1v) is 4.84. The van der Waals surface area contributed by atoms with Crippen molar-refractivity contribution in [3.8, 4) is 0 Å². The maximum absolute atomic E-state index is 5.64. The summed E-state index contributed by atoms with van der Waals surface area (Å²) in [7, 11) is 0. The molecule has 4 nitrogen and oxygen atoms in total. The van der Waals surface area contributed by atoms with Crippen molar-refractivity contribution in [1.82, 2.24) is 4.98 Å². The summed E-state index contributed by atoms with van der Waals surface area (Å²) in [6, 6.07) is 6.09. The number of pyridine rings is 1. The van der Waals surface area contributed by atoms with Crippen LogP contribution >= 0.6 is 0 Å². The Labute approximate surface area is 83.7 Å². The van der Waals surface area contributed by atoms with Crippen LogP contribution in [0.1, 0.15) is 6.92 Å². The lowest BCUT2D eigenvalue weighted by Gasteiger charge is -2.34. The van der Waals surface area contributed by atoms with Crippen LogP contribution in [0, 0.1) is 0 Å². The first-order valence-electron chi connectivity index (χ1n) is 4.84. The number of hydrogen-bond acceptors (Lipinski definition) is 4. The molecule has 0 aliphatic carbocycles. The monoisotopic (exact) mass is 193 g/mol. The highest BCUT2D eigenvalue weighted by Crippen LogP contribution is 2.17. The van der Waals surface area contributed by atoms with Gasteiger partial charge in [-0.25, -0.2) is 4.98 Å². The van der Waals surface area contributed by atoms with Crippen LogP contribution in [0.2, 0.25) is 0 Å². The lowest BCUT2D eigenvalue weighted by molar-refractivity contribution is 0.0985. The lowest BCUT2D eigenvalue weighted by Crippen LogP contribution is -2.44. The third kappa shape index (κ3) is 1.80. The molecule has 0 spiro atoms. The number of nitrogens with zero attached hydrogens (tertiary/aromatic N) is 2. The second-order valence-electron chi connectivity index (χ2n) is 3.54. The summed E-state index contributed by atoms with van der Waals surface area (Å²) < 4.78 is 5.36. The predicted molar refractivity (Wildman–Crippen MR) is 56.3 cm³/mol. The molecule has 2 rings (SSSR count). The second-order valence-corrected chi connectivity index (χ2v) is 3.54. The summed E-state index contributed by atoms with van der Waals surface area (Å²) in [5, 5.41) is 0. The van der Waals surface area contributed by atoms with E-state index in [0.717, 1.165) is 25.6 Å². The molecule has 0 amide bonds. The molecule has 0 radical (unpaired) electrons. The summed E-state index contributed by atoms with van der Waals surface area (Å²) in [6.45, 7) is 4.54. The van der Waals surface area contributed by atoms with Gasteiger partial charge in [-0.05, 0) is 19.1 Å². The summed E-state index contributed by atoms with van der Waals surface area (Å²) >= 11 is 0. The average Bonchev–Trinajstić information content (AvgIpc) is 2.18. The molecule has 0 aromatic carbocycles. The van der Waals surface area contributed by atoms with Gasteiger partial charge in [0.05, 0.1) is 19.3 Å². The smallest absolute Gasteiger partial charge is 0.131 e. The van der Waals surface area contributed by atoms with Crippen LogP contribution in [-0.4, -0.2) is 30.8 Å². The van der Waals surface area contributed by atoms with Crippen LogP contribution in [0.3, 0.4) is 0 Å². The van der Waals surface area contributed by atoms with E-state index in [1.165, 1.54) is 0 Å². The number of hydrogen-bond donors (Lipinski definition) is 1. The third-order valence-corrected chi connectivity index (χ3v) is 2.42. The highest BCUT2D eigenvalue weighted by atomic mass is 16.5. The number of nitrogen functional groups attached to an aromatic ring is 1. The Balaban J connectivity index is 2.20. The molecular formula is C10H15N3O. The van der Waals surface area contributed by atoms with E-state index in [2.05, 4.69) is 16.8 Å². The van der Waals surface area contributed by atoms with Gasteiger partial charge in [-0.15, -0.1) is 0 Å². The molecule has 14 heavy (non-hydrogen) atoms. The maximum atomic E-state index is 5.64. The molecule has 1 atom stereocenters. The zero-order chi connectivity index (χ0) is 9.97. The van der Waals surface area contributed by atoms with E-state index in [0.29, 0.717) is 11.9 Å². The van der Waals surface area contributed by atoms with Crippen LogP contribution in [0.15, 0.2) is 18.2 Å². The fraction of sp³-hybridized carbons (Fsp3) is 0.500. The molecule has 76 valence electrons. The van der Waals surface area contributed by atoms with E-state index in [4.69, 9.17) is 10.5 Å². The van der Waals surface area contributed by atoms with Crippen molar-refractivity contribution in [2.45, 2.75) is 13.0 Å². The largest absolute Gasteiger partial charge is 0.384 e. The normalized spacial score (nSPS) is 22.4. The average molecular weight is 193 g/mol. The minimum absolute atomic E-state index is 0.373. The van der Waals surface area contributed by atoms with Gasteiger partial charge in [0.15, 0.2) is 0 Å². The molecule has 2 heterocycles. The number of anilines is 2. The first kappa shape index (κ1) is 9.27. The fourth-order valence-corrected chi connectivity index (χ4v) is 1.67. The SMILES string of the molecule is C[C@H]1COCCN1c1cccc(N)n1. The van der Waals surface area contributed by atoms with Gasteiger partial charge < -0.3 is 15.4 Å². The summed E-state index contributed by atoms with van der Waals surface area (Å²) in [4.78, 5) is 6.52. The van der Waals surface area contributed by atoms with E-state index in [9.17, 15) is 0 Å².